The van der Waals surface area contributed by atoms with Crippen molar-refractivity contribution in [1.82, 2.24) is 0 Å². The van der Waals surface area contributed by atoms with Crippen LogP contribution in [-0.4, -0.2) is 25.2 Å². The summed E-state index contributed by atoms with van der Waals surface area (Å²) in [5.41, 5.74) is 5.22. The minimum absolute atomic E-state index is 0.278. The van der Waals surface area contributed by atoms with E-state index in [4.69, 9.17) is 18.9 Å². The lowest BCUT2D eigenvalue weighted by Crippen LogP contribution is -2.06. The number of carbonyl (C=O) groups excluding carboxylic acids is 2. The number of esters is 2. The summed E-state index contributed by atoms with van der Waals surface area (Å²) in [6, 6.07) is 30.8. The molecule has 0 amide bonds. The van der Waals surface area contributed by atoms with Crippen molar-refractivity contribution in [2.75, 3.05) is 13.2 Å². The van der Waals surface area contributed by atoms with E-state index in [1.54, 1.807) is 24.3 Å². The van der Waals surface area contributed by atoms with Crippen LogP contribution in [0.25, 0.3) is 11.1 Å². The summed E-state index contributed by atoms with van der Waals surface area (Å²) in [6.07, 6.45) is 22.5. The molecule has 298 valence electrons. The molecule has 0 aliphatic heterocycles. The van der Waals surface area contributed by atoms with Gasteiger partial charge in [-0.25, -0.2) is 9.59 Å². The predicted molar refractivity (Wildman–Crippen MR) is 228 cm³/mol. The van der Waals surface area contributed by atoms with Gasteiger partial charge in [-0.15, -0.1) is 13.2 Å². The highest BCUT2D eigenvalue weighted by Gasteiger charge is 2.09. The Labute approximate surface area is 335 Å². The van der Waals surface area contributed by atoms with Gasteiger partial charge in [0.05, 0.1) is 24.3 Å². The van der Waals surface area contributed by atoms with Gasteiger partial charge in [-0.05, 0) is 109 Å². The molecular formula is C50H62O6. The summed E-state index contributed by atoms with van der Waals surface area (Å²) in [7, 11) is 0. The van der Waals surface area contributed by atoms with Gasteiger partial charge in [-0.1, -0.05) is 125 Å². The molecular weight excluding hydrogens is 697 g/mol. The van der Waals surface area contributed by atoms with Crippen LogP contribution in [0, 0.1) is 0 Å². The van der Waals surface area contributed by atoms with Crippen LogP contribution in [-0.2, 0) is 22.7 Å². The summed E-state index contributed by atoms with van der Waals surface area (Å²) in [4.78, 5) is 24.9. The maximum absolute atomic E-state index is 12.4. The molecule has 0 aliphatic rings. The van der Waals surface area contributed by atoms with Crippen molar-refractivity contribution >= 4 is 11.9 Å². The molecule has 0 bridgehead atoms. The van der Waals surface area contributed by atoms with Gasteiger partial charge in [0.25, 0.3) is 0 Å². The molecule has 0 heterocycles. The Kier molecular flexibility index (Phi) is 20.8. The van der Waals surface area contributed by atoms with Crippen LogP contribution < -0.4 is 9.47 Å². The molecule has 4 aromatic carbocycles. The van der Waals surface area contributed by atoms with Gasteiger partial charge in [0.1, 0.15) is 24.7 Å². The zero-order chi connectivity index (χ0) is 39.5. The lowest BCUT2D eigenvalue weighted by Gasteiger charge is -2.10. The number of allylic oxidation sites excluding steroid dienone is 2. The number of unbranched alkanes of at least 4 members (excludes halogenated alkanes) is 14. The first-order valence-corrected chi connectivity index (χ1v) is 20.8. The van der Waals surface area contributed by atoms with E-state index in [9.17, 15) is 9.59 Å². The van der Waals surface area contributed by atoms with Gasteiger partial charge in [0, 0.05) is 0 Å². The van der Waals surface area contributed by atoms with E-state index in [0.29, 0.717) is 37.6 Å². The second-order valence-electron chi connectivity index (χ2n) is 14.4. The Morgan fingerprint density at radius 3 is 1.07 bits per heavy atom. The van der Waals surface area contributed by atoms with Crippen molar-refractivity contribution in [2.24, 2.45) is 0 Å². The first-order chi connectivity index (χ1) is 27.6. The topological polar surface area (TPSA) is 71.1 Å². The number of hydrogen-bond donors (Lipinski definition) is 0. The molecule has 4 aromatic rings. The normalized spacial score (nSPS) is 10.8. The molecule has 0 spiro atoms. The Balaban J connectivity index is 1.09. The first-order valence-electron chi connectivity index (χ1n) is 20.8. The van der Waals surface area contributed by atoms with Gasteiger partial charge < -0.3 is 18.9 Å². The molecule has 0 unspecified atom stereocenters. The standard InChI is InChI=1S/C50H62O6/c1-3-5-7-9-11-13-15-17-19-37-53-49(51)45-25-21-41(22-26-45)39-55-47-33-29-43(30-34-47)44-31-35-48(36-32-44)56-40-42-23-27-46(28-24-42)50(52)54-38-20-18-16-14-12-10-8-6-4-2/h3-4,21-36H,1-2,5-20,37-40H2. The summed E-state index contributed by atoms with van der Waals surface area (Å²) < 4.78 is 23.0. The van der Waals surface area contributed by atoms with E-state index >= 15 is 0 Å². The van der Waals surface area contributed by atoms with E-state index in [-0.39, 0.29) is 11.9 Å². The molecule has 0 aliphatic carbocycles. The van der Waals surface area contributed by atoms with Gasteiger partial charge in [0.15, 0.2) is 0 Å². The number of rotatable bonds is 29. The van der Waals surface area contributed by atoms with Crippen LogP contribution in [0.4, 0.5) is 0 Å². The van der Waals surface area contributed by atoms with E-state index in [1.165, 1.54) is 64.2 Å². The van der Waals surface area contributed by atoms with Crippen molar-refractivity contribution in [3.8, 4) is 22.6 Å². The molecule has 0 fully saturated rings. The minimum Gasteiger partial charge on any atom is -0.489 e. The van der Waals surface area contributed by atoms with Crippen LogP contribution in [0.1, 0.15) is 135 Å². The highest BCUT2D eigenvalue weighted by atomic mass is 16.5. The van der Waals surface area contributed by atoms with Crippen LogP contribution in [0.5, 0.6) is 11.5 Å². The Hall–Kier alpha value is -5.10. The maximum atomic E-state index is 12.4. The van der Waals surface area contributed by atoms with Crippen molar-refractivity contribution in [2.45, 2.75) is 116 Å². The van der Waals surface area contributed by atoms with Crippen LogP contribution in [0.15, 0.2) is 122 Å². The smallest absolute Gasteiger partial charge is 0.338 e. The fourth-order valence-corrected chi connectivity index (χ4v) is 6.34. The molecule has 0 radical (unpaired) electrons. The van der Waals surface area contributed by atoms with E-state index in [1.807, 2.05) is 84.9 Å². The Morgan fingerprint density at radius 2 is 0.732 bits per heavy atom. The molecule has 6 heteroatoms. The second kappa shape index (κ2) is 26.7. The largest absolute Gasteiger partial charge is 0.489 e. The zero-order valence-electron chi connectivity index (χ0n) is 33.4. The van der Waals surface area contributed by atoms with E-state index in [0.717, 1.165) is 72.3 Å². The second-order valence-corrected chi connectivity index (χ2v) is 14.4. The third-order valence-electron chi connectivity index (χ3n) is 9.80. The molecule has 0 saturated heterocycles. The fraction of sp³-hybridized carbons (Fsp3) is 0.400. The monoisotopic (exact) mass is 758 g/mol. The van der Waals surface area contributed by atoms with E-state index < -0.39 is 0 Å². The number of hydrogen-bond acceptors (Lipinski definition) is 6. The molecule has 0 N–H and O–H groups in total. The third kappa shape index (κ3) is 17.1. The first kappa shape index (κ1) is 43.6. The predicted octanol–water partition coefficient (Wildman–Crippen LogP) is 13.4. The Morgan fingerprint density at radius 1 is 0.411 bits per heavy atom. The number of benzene rings is 4. The van der Waals surface area contributed by atoms with Gasteiger partial charge in [-0.2, -0.15) is 0 Å². The van der Waals surface area contributed by atoms with Crippen molar-refractivity contribution in [3.05, 3.63) is 145 Å². The number of carbonyl (C=O) groups is 2. The minimum atomic E-state index is -0.278. The molecule has 0 saturated carbocycles. The number of ether oxygens (including phenoxy) is 4. The van der Waals surface area contributed by atoms with Crippen LogP contribution >= 0.6 is 0 Å². The van der Waals surface area contributed by atoms with Gasteiger partial charge in [0.2, 0.25) is 0 Å². The molecule has 4 rings (SSSR count). The summed E-state index contributed by atoms with van der Waals surface area (Å²) in [5, 5.41) is 0. The van der Waals surface area contributed by atoms with E-state index in [2.05, 4.69) is 13.2 Å². The van der Waals surface area contributed by atoms with Crippen molar-refractivity contribution < 1.29 is 28.5 Å². The highest BCUT2D eigenvalue weighted by Crippen LogP contribution is 2.26. The summed E-state index contributed by atoms with van der Waals surface area (Å²) in [5.74, 6) is 0.981. The summed E-state index contributed by atoms with van der Waals surface area (Å²) in [6.45, 7) is 9.26. The SMILES string of the molecule is C=CCCCCCCCCCOC(=O)c1ccc(COc2ccc(-c3ccc(OCc4ccc(C(=O)OCCCCCCCCCC=C)cc4)cc3)cc2)cc1. The third-order valence-corrected chi connectivity index (χ3v) is 9.80. The lowest BCUT2D eigenvalue weighted by molar-refractivity contribution is 0.0488. The highest BCUT2D eigenvalue weighted by molar-refractivity contribution is 5.89. The lowest BCUT2D eigenvalue weighted by atomic mass is 10.1. The van der Waals surface area contributed by atoms with Gasteiger partial charge >= 0.3 is 11.9 Å². The average molecular weight is 759 g/mol. The zero-order valence-corrected chi connectivity index (χ0v) is 33.4. The van der Waals surface area contributed by atoms with Crippen molar-refractivity contribution in [1.29, 1.82) is 0 Å². The maximum Gasteiger partial charge on any atom is 0.338 e. The van der Waals surface area contributed by atoms with Crippen molar-refractivity contribution in [3.63, 3.8) is 0 Å². The van der Waals surface area contributed by atoms with Crippen LogP contribution in [0.3, 0.4) is 0 Å². The van der Waals surface area contributed by atoms with Gasteiger partial charge in [-0.3, -0.25) is 0 Å². The summed E-state index contributed by atoms with van der Waals surface area (Å²) >= 11 is 0. The Bertz CT molecular complexity index is 1560. The molecule has 6 nitrogen and oxygen atoms in total. The van der Waals surface area contributed by atoms with Crippen LogP contribution in [0.2, 0.25) is 0 Å². The molecule has 0 aromatic heterocycles. The molecule has 56 heavy (non-hydrogen) atoms. The quantitative estimate of drug-likeness (QED) is 0.0312. The fourth-order valence-electron chi connectivity index (χ4n) is 6.34. The molecule has 0 atom stereocenters. The average Bonchev–Trinajstić information content (AvgIpc) is 3.24.